The normalized spacial score (nSPS) is 14.3. The second-order valence-corrected chi connectivity index (χ2v) is 5.74. The Morgan fingerprint density at radius 1 is 1.35 bits per heavy atom. The maximum absolute atomic E-state index is 12.6. The van der Waals surface area contributed by atoms with Crippen molar-refractivity contribution in [2.24, 2.45) is 0 Å². The zero-order chi connectivity index (χ0) is 17.0. The molecule has 0 saturated carbocycles. The van der Waals surface area contributed by atoms with Gasteiger partial charge in [0, 0.05) is 5.38 Å². The van der Waals surface area contributed by atoms with Gasteiger partial charge in [0.1, 0.15) is 5.01 Å². The second kappa shape index (κ2) is 7.10. The van der Waals surface area contributed by atoms with Crippen LogP contribution in [0.25, 0.3) is 0 Å². The van der Waals surface area contributed by atoms with Crippen molar-refractivity contribution >= 4 is 17.2 Å². The van der Waals surface area contributed by atoms with Crippen molar-refractivity contribution in [2.75, 3.05) is 0 Å². The molecule has 0 bridgehead atoms. The van der Waals surface area contributed by atoms with Gasteiger partial charge in [-0.05, 0) is 12.0 Å². The fourth-order valence-corrected chi connectivity index (χ4v) is 2.91. The molecule has 8 heteroatoms. The van der Waals surface area contributed by atoms with Crippen LogP contribution in [0, 0.1) is 0 Å². The van der Waals surface area contributed by atoms with Gasteiger partial charge < -0.3 is 10.4 Å². The van der Waals surface area contributed by atoms with Crippen molar-refractivity contribution in [3.05, 3.63) is 52.0 Å². The van der Waals surface area contributed by atoms with Crippen LogP contribution in [0.5, 0.6) is 0 Å². The van der Waals surface area contributed by atoms with Crippen LogP contribution in [0.15, 0.2) is 35.7 Å². The highest BCUT2D eigenvalue weighted by Gasteiger charge is 2.34. The molecule has 0 fully saturated rings. The lowest BCUT2D eigenvalue weighted by molar-refractivity contribution is -0.140. The first-order valence-electron chi connectivity index (χ1n) is 6.89. The molecule has 2 unspecified atom stereocenters. The number of benzene rings is 1. The van der Waals surface area contributed by atoms with Crippen LogP contribution in [0.2, 0.25) is 0 Å². The number of hydrogen-bond donors (Lipinski definition) is 2. The molecule has 1 aromatic carbocycles. The Labute approximate surface area is 135 Å². The van der Waals surface area contributed by atoms with E-state index >= 15 is 0 Å². The molecule has 0 aliphatic carbocycles. The lowest BCUT2D eigenvalue weighted by Crippen LogP contribution is -2.32. The van der Waals surface area contributed by atoms with Crippen LogP contribution in [0.3, 0.4) is 0 Å². The van der Waals surface area contributed by atoms with E-state index in [2.05, 4.69) is 10.3 Å². The zero-order valence-electron chi connectivity index (χ0n) is 12.2. The number of thiazole rings is 1. The molecule has 0 aliphatic rings. The number of amides is 1. The fraction of sp³-hybridized carbons (Fsp3) is 0.333. The first kappa shape index (κ1) is 17.4. The van der Waals surface area contributed by atoms with E-state index in [1.54, 1.807) is 37.3 Å². The Morgan fingerprint density at radius 2 is 2.00 bits per heavy atom. The number of aromatic nitrogens is 1. The number of rotatable bonds is 5. The van der Waals surface area contributed by atoms with Crippen molar-refractivity contribution in [3.8, 4) is 0 Å². The number of halogens is 3. The fourth-order valence-electron chi connectivity index (χ4n) is 1.95. The van der Waals surface area contributed by atoms with E-state index < -0.39 is 29.9 Å². The quantitative estimate of drug-likeness (QED) is 0.873. The van der Waals surface area contributed by atoms with E-state index in [4.69, 9.17) is 0 Å². The Bertz CT molecular complexity index is 658. The summed E-state index contributed by atoms with van der Waals surface area (Å²) in [6, 6.07) is 7.62. The molecule has 0 spiro atoms. The summed E-state index contributed by atoms with van der Waals surface area (Å²) in [6.45, 7) is 1.72. The van der Waals surface area contributed by atoms with Crippen molar-refractivity contribution in [2.45, 2.75) is 31.7 Å². The minimum absolute atomic E-state index is 0.161. The molecular weight excluding hydrogens is 329 g/mol. The highest BCUT2D eigenvalue weighted by Crippen LogP contribution is 2.32. The van der Waals surface area contributed by atoms with Crippen LogP contribution >= 0.6 is 11.3 Å². The molecule has 2 aromatic rings. The second-order valence-electron chi connectivity index (χ2n) is 4.85. The summed E-state index contributed by atoms with van der Waals surface area (Å²) in [5.74, 6) is -0.674. The average Bonchev–Trinajstić information content (AvgIpc) is 3.02. The maximum Gasteiger partial charge on any atom is 0.434 e. The third-order valence-corrected chi connectivity index (χ3v) is 4.16. The van der Waals surface area contributed by atoms with Gasteiger partial charge in [0.2, 0.25) is 0 Å². The molecule has 1 amide bonds. The van der Waals surface area contributed by atoms with Crippen molar-refractivity contribution < 1.29 is 23.1 Å². The molecule has 1 heterocycles. The third-order valence-electron chi connectivity index (χ3n) is 3.20. The molecule has 2 rings (SSSR count). The van der Waals surface area contributed by atoms with Gasteiger partial charge in [0.05, 0.1) is 6.04 Å². The lowest BCUT2D eigenvalue weighted by Gasteiger charge is -2.17. The van der Waals surface area contributed by atoms with Crippen LogP contribution < -0.4 is 5.32 Å². The Balaban J connectivity index is 2.10. The lowest BCUT2D eigenvalue weighted by atomic mass is 10.1. The number of aliphatic hydroxyl groups is 1. The Hall–Kier alpha value is -1.93. The van der Waals surface area contributed by atoms with Crippen LogP contribution in [-0.2, 0) is 11.0 Å². The number of carbonyl (C=O) groups is 1. The number of aliphatic hydroxyl groups excluding tert-OH is 1. The summed E-state index contributed by atoms with van der Waals surface area (Å²) in [5.41, 5.74) is -0.566. The molecule has 0 saturated heterocycles. The molecule has 23 heavy (non-hydrogen) atoms. The molecular formula is C15H15F3N2O2S. The molecule has 4 nitrogen and oxygen atoms in total. The van der Waals surface area contributed by atoms with E-state index in [1.807, 2.05) is 0 Å². The summed E-state index contributed by atoms with van der Waals surface area (Å²) < 4.78 is 37.8. The highest BCUT2D eigenvalue weighted by atomic mass is 32.1. The summed E-state index contributed by atoms with van der Waals surface area (Å²) in [4.78, 5) is 15.6. The number of hydrogen-bond acceptors (Lipinski definition) is 4. The molecule has 2 N–H and O–H groups in total. The van der Waals surface area contributed by atoms with Gasteiger partial charge in [0.25, 0.3) is 5.91 Å². The van der Waals surface area contributed by atoms with Crippen LogP contribution in [-0.4, -0.2) is 16.0 Å². The topological polar surface area (TPSA) is 62.2 Å². The van der Waals surface area contributed by atoms with Gasteiger partial charge >= 0.3 is 6.18 Å². The van der Waals surface area contributed by atoms with Gasteiger partial charge in [-0.25, -0.2) is 4.98 Å². The van der Waals surface area contributed by atoms with E-state index in [9.17, 15) is 23.1 Å². The third kappa shape index (κ3) is 4.29. The molecule has 2 atom stereocenters. The Morgan fingerprint density at radius 3 is 2.52 bits per heavy atom. The highest BCUT2D eigenvalue weighted by molar-refractivity contribution is 7.09. The van der Waals surface area contributed by atoms with E-state index in [0.29, 0.717) is 12.0 Å². The van der Waals surface area contributed by atoms with Gasteiger partial charge in [-0.2, -0.15) is 13.2 Å². The van der Waals surface area contributed by atoms with Crippen molar-refractivity contribution in [3.63, 3.8) is 0 Å². The minimum Gasteiger partial charge on any atom is -0.378 e. The summed E-state index contributed by atoms with van der Waals surface area (Å²) in [7, 11) is 0. The molecule has 124 valence electrons. The monoisotopic (exact) mass is 344 g/mol. The summed E-state index contributed by atoms with van der Waals surface area (Å²) in [6.07, 6.45) is -5.54. The molecule has 0 radical (unpaired) electrons. The number of nitrogens with zero attached hydrogens (tertiary/aromatic N) is 1. The predicted octanol–water partition coefficient (Wildman–Crippen LogP) is 3.46. The van der Waals surface area contributed by atoms with E-state index in [-0.39, 0.29) is 5.01 Å². The SMILES string of the molecule is CCC(NC(=O)C(O)c1ccccc1)c1nc(C(F)(F)F)cs1. The van der Waals surface area contributed by atoms with Crippen LogP contribution in [0.1, 0.15) is 41.8 Å². The first-order valence-corrected chi connectivity index (χ1v) is 7.77. The van der Waals surface area contributed by atoms with Crippen molar-refractivity contribution in [1.82, 2.24) is 10.3 Å². The van der Waals surface area contributed by atoms with Crippen LogP contribution in [0.4, 0.5) is 13.2 Å². The maximum atomic E-state index is 12.6. The zero-order valence-corrected chi connectivity index (χ0v) is 13.0. The summed E-state index contributed by atoms with van der Waals surface area (Å²) >= 11 is 0.831. The van der Waals surface area contributed by atoms with Gasteiger partial charge in [0.15, 0.2) is 11.8 Å². The summed E-state index contributed by atoms with van der Waals surface area (Å²) in [5, 5.41) is 13.6. The molecule has 1 aromatic heterocycles. The standard InChI is InChI=1S/C15H15F3N2O2S/c1-2-10(14-20-11(8-23-14)15(16,17)18)19-13(22)12(21)9-6-4-3-5-7-9/h3-8,10,12,21H,2H2,1H3,(H,19,22). The number of nitrogens with one attached hydrogen (secondary N) is 1. The van der Waals surface area contributed by atoms with Gasteiger partial charge in [-0.3, -0.25) is 4.79 Å². The van der Waals surface area contributed by atoms with Gasteiger partial charge in [-0.15, -0.1) is 11.3 Å². The Kier molecular flexibility index (Phi) is 5.38. The largest absolute Gasteiger partial charge is 0.434 e. The van der Waals surface area contributed by atoms with E-state index in [0.717, 1.165) is 16.7 Å². The predicted molar refractivity (Wildman–Crippen MR) is 79.7 cm³/mol. The number of alkyl halides is 3. The van der Waals surface area contributed by atoms with Crippen molar-refractivity contribution in [1.29, 1.82) is 0 Å². The average molecular weight is 344 g/mol. The van der Waals surface area contributed by atoms with E-state index in [1.165, 1.54) is 0 Å². The first-order chi connectivity index (χ1) is 10.8. The van der Waals surface area contributed by atoms with Gasteiger partial charge in [-0.1, -0.05) is 37.3 Å². The minimum atomic E-state index is -4.51. The smallest absolute Gasteiger partial charge is 0.378 e. The molecule has 0 aliphatic heterocycles. The number of carbonyl (C=O) groups excluding carboxylic acids is 1.